The van der Waals surface area contributed by atoms with Crippen LogP contribution in [0.5, 0.6) is 0 Å². The first-order valence-corrected chi connectivity index (χ1v) is 8.19. The van der Waals surface area contributed by atoms with Crippen molar-refractivity contribution in [3.05, 3.63) is 72.1 Å². The molecule has 120 valence electrons. The quantitative estimate of drug-likeness (QED) is 0.727. The van der Waals surface area contributed by atoms with E-state index in [2.05, 4.69) is 16.4 Å². The number of aromatic nitrogens is 1. The predicted molar refractivity (Wildman–Crippen MR) is 98.0 cm³/mol. The third-order valence-electron chi connectivity index (χ3n) is 3.21. The van der Waals surface area contributed by atoms with Gasteiger partial charge in [0.05, 0.1) is 5.56 Å². The SMILES string of the molecule is CNc1sc(-c2ccncc2)cc1C#N.O=CCc1ccccc1. The number of rotatable bonds is 4. The van der Waals surface area contributed by atoms with E-state index in [1.807, 2.05) is 55.6 Å². The van der Waals surface area contributed by atoms with Crippen molar-refractivity contribution in [2.45, 2.75) is 6.42 Å². The van der Waals surface area contributed by atoms with Gasteiger partial charge in [0.15, 0.2) is 0 Å². The number of hydrogen-bond acceptors (Lipinski definition) is 5. The van der Waals surface area contributed by atoms with Crippen LogP contribution in [0.25, 0.3) is 10.4 Å². The van der Waals surface area contributed by atoms with Crippen LogP contribution in [0.1, 0.15) is 11.1 Å². The van der Waals surface area contributed by atoms with Crippen LogP contribution in [0.15, 0.2) is 60.9 Å². The Bertz CT molecular complexity index is 808. The Hall–Kier alpha value is -2.97. The maximum absolute atomic E-state index is 9.97. The summed E-state index contributed by atoms with van der Waals surface area (Å²) in [6.07, 6.45) is 4.94. The molecule has 0 unspecified atom stereocenters. The molecule has 3 aromatic rings. The van der Waals surface area contributed by atoms with E-state index in [1.54, 1.807) is 23.7 Å². The Morgan fingerprint density at radius 1 is 1.21 bits per heavy atom. The van der Waals surface area contributed by atoms with E-state index < -0.39 is 0 Å². The monoisotopic (exact) mass is 335 g/mol. The summed E-state index contributed by atoms with van der Waals surface area (Å²) in [6.45, 7) is 0. The summed E-state index contributed by atoms with van der Waals surface area (Å²) in [7, 11) is 1.82. The topological polar surface area (TPSA) is 65.8 Å². The number of carbonyl (C=O) groups excluding carboxylic acids is 1. The van der Waals surface area contributed by atoms with Crippen LogP contribution in [0, 0.1) is 11.3 Å². The molecule has 1 aromatic carbocycles. The zero-order chi connectivity index (χ0) is 17.2. The second-order valence-corrected chi connectivity index (χ2v) is 5.86. The molecule has 24 heavy (non-hydrogen) atoms. The number of pyridine rings is 1. The summed E-state index contributed by atoms with van der Waals surface area (Å²) in [5, 5.41) is 12.8. The lowest BCUT2D eigenvalue weighted by Crippen LogP contribution is -1.84. The fourth-order valence-electron chi connectivity index (χ4n) is 2.03. The highest BCUT2D eigenvalue weighted by Crippen LogP contribution is 2.34. The summed E-state index contributed by atoms with van der Waals surface area (Å²) < 4.78 is 0. The Morgan fingerprint density at radius 3 is 2.46 bits per heavy atom. The van der Waals surface area contributed by atoms with Crippen molar-refractivity contribution in [1.29, 1.82) is 5.26 Å². The van der Waals surface area contributed by atoms with Crippen LogP contribution in [-0.4, -0.2) is 18.3 Å². The number of carbonyl (C=O) groups is 1. The van der Waals surface area contributed by atoms with Crippen LogP contribution in [-0.2, 0) is 11.2 Å². The number of benzene rings is 1. The van der Waals surface area contributed by atoms with E-state index in [4.69, 9.17) is 5.26 Å². The molecular weight excluding hydrogens is 318 g/mol. The Kier molecular flexibility index (Phi) is 6.69. The van der Waals surface area contributed by atoms with Gasteiger partial charge in [0.2, 0.25) is 0 Å². The van der Waals surface area contributed by atoms with Gasteiger partial charge in [-0.25, -0.2) is 0 Å². The summed E-state index contributed by atoms with van der Waals surface area (Å²) in [5.41, 5.74) is 2.86. The fourth-order valence-corrected chi connectivity index (χ4v) is 3.00. The molecule has 0 atom stereocenters. The Morgan fingerprint density at radius 2 is 1.92 bits per heavy atom. The lowest BCUT2D eigenvalue weighted by Gasteiger charge is -1.94. The summed E-state index contributed by atoms with van der Waals surface area (Å²) in [6, 6.07) is 17.6. The smallest absolute Gasteiger partial charge is 0.124 e. The molecule has 0 amide bonds. The third-order valence-corrected chi connectivity index (χ3v) is 4.41. The van der Waals surface area contributed by atoms with Crippen LogP contribution in [0.2, 0.25) is 0 Å². The normalized spacial score (nSPS) is 9.33. The van der Waals surface area contributed by atoms with Gasteiger partial charge >= 0.3 is 0 Å². The molecule has 0 saturated carbocycles. The first-order valence-electron chi connectivity index (χ1n) is 7.38. The molecule has 3 rings (SSSR count). The molecule has 2 heterocycles. The van der Waals surface area contributed by atoms with E-state index in [-0.39, 0.29) is 0 Å². The van der Waals surface area contributed by atoms with E-state index >= 15 is 0 Å². The van der Waals surface area contributed by atoms with E-state index in [9.17, 15) is 4.79 Å². The van der Waals surface area contributed by atoms with Gasteiger partial charge < -0.3 is 10.1 Å². The Labute approximate surface area is 145 Å². The molecular formula is C19H17N3OS. The minimum absolute atomic E-state index is 0.529. The highest BCUT2D eigenvalue weighted by atomic mass is 32.1. The molecule has 0 aliphatic rings. The van der Waals surface area contributed by atoms with Gasteiger partial charge in [-0.3, -0.25) is 4.98 Å². The standard InChI is InChI=1S/C11H9N3S.C8H8O/c1-13-11-9(7-12)6-10(15-11)8-2-4-14-5-3-8;9-7-6-8-4-2-1-3-5-8/h2-6,13H,1H3;1-5,7H,6H2. The number of nitrogens with zero attached hydrogens (tertiary/aromatic N) is 2. The third kappa shape index (κ3) is 4.77. The van der Waals surface area contributed by atoms with E-state index in [0.717, 1.165) is 27.3 Å². The maximum Gasteiger partial charge on any atom is 0.124 e. The van der Waals surface area contributed by atoms with Gasteiger partial charge in [-0.2, -0.15) is 5.26 Å². The minimum Gasteiger partial charge on any atom is -0.379 e. The maximum atomic E-state index is 9.97. The number of nitrogens with one attached hydrogen (secondary N) is 1. The number of aldehydes is 1. The van der Waals surface area contributed by atoms with Gasteiger partial charge in [0.25, 0.3) is 0 Å². The number of nitriles is 1. The van der Waals surface area contributed by atoms with Gasteiger partial charge in [0, 0.05) is 30.7 Å². The van der Waals surface area contributed by atoms with Gasteiger partial charge in [0.1, 0.15) is 17.4 Å². The minimum atomic E-state index is 0.529. The highest BCUT2D eigenvalue weighted by molar-refractivity contribution is 7.19. The zero-order valence-corrected chi connectivity index (χ0v) is 14.1. The lowest BCUT2D eigenvalue weighted by molar-refractivity contribution is -0.107. The highest BCUT2D eigenvalue weighted by Gasteiger charge is 2.08. The van der Waals surface area contributed by atoms with Crippen molar-refractivity contribution in [2.75, 3.05) is 12.4 Å². The zero-order valence-electron chi connectivity index (χ0n) is 13.3. The number of anilines is 1. The molecule has 0 aliphatic carbocycles. The van der Waals surface area contributed by atoms with E-state index in [0.29, 0.717) is 12.0 Å². The average Bonchev–Trinajstić information content (AvgIpc) is 3.08. The molecule has 0 saturated heterocycles. The predicted octanol–water partition coefficient (Wildman–Crippen LogP) is 4.15. The number of hydrogen-bond donors (Lipinski definition) is 1. The molecule has 0 radical (unpaired) electrons. The summed E-state index contributed by atoms with van der Waals surface area (Å²) in [4.78, 5) is 15.0. The average molecular weight is 335 g/mol. The van der Waals surface area contributed by atoms with Crippen LogP contribution in [0.3, 0.4) is 0 Å². The summed E-state index contributed by atoms with van der Waals surface area (Å²) >= 11 is 1.58. The summed E-state index contributed by atoms with van der Waals surface area (Å²) in [5.74, 6) is 0. The Balaban J connectivity index is 0.000000198. The van der Waals surface area contributed by atoms with Crippen molar-refractivity contribution in [1.82, 2.24) is 4.98 Å². The van der Waals surface area contributed by atoms with Crippen LogP contribution < -0.4 is 5.32 Å². The van der Waals surface area contributed by atoms with Crippen LogP contribution >= 0.6 is 11.3 Å². The van der Waals surface area contributed by atoms with Crippen LogP contribution in [0.4, 0.5) is 5.00 Å². The van der Waals surface area contributed by atoms with Crippen molar-refractivity contribution in [3.63, 3.8) is 0 Å². The molecule has 1 N–H and O–H groups in total. The molecule has 0 bridgehead atoms. The largest absolute Gasteiger partial charge is 0.379 e. The fraction of sp³-hybridized carbons (Fsp3) is 0.105. The second-order valence-electron chi connectivity index (χ2n) is 4.81. The van der Waals surface area contributed by atoms with Crippen molar-refractivity contribution < 1.29 is 4.79 Å². The lowest BCUT2D eigenvalue weighted by atomic mass is 10.2. The van der Waals surface area contributed by atoms with Crippen molar-refractivity contribution >= 4 is 22.6 Å². The molecule has 0 aliphatic heterocycles. The first kappa shape index (κ1) is 17.4. The molecule has 2 aromatic heterocycles. The molecule has 4 nitrogen and oxygen atoms in total. The van der Waals surface area contributed by atoms with Crippen molar-refractivity contribution in [2.24, 2.45) is 0 Å². The molecule has 0 spiro atoms. The molecule has 0 fully saturated rings. The first-order chi connectivity index (χ1) is 11.8. The van der Waals surface area contributed by atoms with Gasteiger partial charge in [-0.1, -0.05) is 30.3 Å². The van der Waals surface area contributed by atoms with Gasteiger partial charge in [-0.15, -0.1) is 11.3 Å². The van der Waals surface area contributed by atoms with Crippen molar-refractivity contribution in [3.8, 4) is 16.5 Å². The number of thiophene rings is 1. The van der Waals surface area contributed by atoms with Gasteiger partial charge in [-0.05, 0) is 29.3 Å². The van der Waals surface area contributed by atoms with E-state index in [1.165, 1.54) is 0 Å². The second kappa shape index (κ2) is 9.23. The molecule has 5 heteroatoms.